The summed E-state index contributed by atoms with van der Waals surface area (Å²) in [6, 6.07) is 9.10. The van der Waals surface area contributed by atoms with E-state index >= 15 is 0 Å². The fourth-order valence-corrected chi connectivity index (χ4v) is 2.89. The van der Waals surface area contributed by atoms with Crippen LogP contribution in [0.15, 0.2) is 30.5 Å². The molecule has 2 heterocycles. The van der Waals surface area contributed by atoms with Crippen LogP contribution in [-0.2, 0) is 6.54 Å². The number of aryl methyl sites for hydroxylation is 1. The van der Waals surface area contributed by atoms with Gasteiger partial charge < -0.3 is 5.32 Å². The van der Waals surface area contributed by atoms with Crippen LogP contribution in [0.5, 0.6) is 0 Å². The van der Waals surface area contributed by atoms with Gasteiger partial charge in [-0.1, -0.05) is 24.3 Å². The Morgan fingerprint density at radius 3 is 2.84 bits per heavy atom. The highest BCUT2D eigenvalue weighted by Crippen LogP contribution is 2.26. The van der Waals surface area contributed by atoms with Crippen molar-refractivity contribution in [3.8, 4) is 11.1 Å². The molecule has 1 aromatic heterocycles. The van der Waals surface area contributed by atoms with Gasteiger partial charge in [-0.15, -0.1) is 0 Å². The zero-order valence-electron chi connectivity index (χ0n) is 11.7. The largest absolute Gasteiger partial charge is 0.312 e. The summed E-state index contributed by atoms with van der Waals surface area (Å²) in [4.78, 5) is 0. The predicted molar refractivity (Wildman–Crippen MR) is 78.2 cm³/mol. The van der Waals surface area contributed by atoms with Gasteiger partial charge in [-0.05, 0) is 44.4 Å². The Balaban J connectivity index is 1.88. The summed E-state index contributed by atoms with van der Waals surface area (Å²) in [5, 5.41) is 8.11. The van der Waals surface area contributed by atoms with Gasteiger partial charge in [-0.2, -0.15) is 5.10 Å². The van der Waals surface area contributed by atoms with Crippen LogP contribution in [0.1, 0.15) is 24.1 Å². The molecule has 1 aliphatic rings. The van der Waals surface area contributed by atoms with E-state index in [4.69, 9.17) is 0 Å². The molecule has 19 heavy (non-hydrogen) atoms. The molecule has 0 bridgehead atoms. The Bertz CT molecular complexity index is 565. The van der Waals surface area contributed by atoms with Crippen LogP contribution >= 0.6 is 0 Å². The molecule has 3 nitrogen and oxygen atoms in total. The summed E-state index contributed by atoms with van der Waals surface area (Å²) in [5.41, 5.74) is 5.13. The van der Waals surface area contributed by atoms with Gasteiger partial charge in [-0.25, -0.2) is 0 Å². The third-order valence-electron chi connectivity index (χ3n) is 4.09. The van der Waals surface area contributed by atoms with Gasteiger partial charge >= 0.3 is 0 Å². The molecule has 1 unspecified atom stereocenters. The molecule has 1 atom stereocenters. The molecule has 0 radical (unpaired) electrons. The van der Waals surface area contributed by atoms with E-state index in [1.54, 1.807) is 0 Å². The van der Waals surface area contributed by atoms with Gasteiger partial charge in [0.05, 0.1) is 12.7 Å². The minimum atomic E-state index is 0.586. The molecule has 0 spiro atoms. The second kappa shape index (κ2) is 5.17. The number of nitrogens with one attached hydrogen (secondary N) is 1. The standard InChI is InChI=1S/C16H21N3/c1-12-6-3-4-8-15(12)16-10-18-19(13(16)2)11-14-7-5-9-17-14/h3-4,6,8,10,14,17H,5,7,9,11H2,1-2H3. The molecule has 3 heteroatoms. The minimum absolute atomic E-state index is 0.586. The Morgan fingerprint density at radius 1 is 1.26 bits per heavy atom. The first-order valence-electron chi connectivity index (χ1n) is 7.07. The first-order chi connectivity index (χ1) is 9.25. The molecule has 1 aromatic carbocycles. The van der Waals surface area contributed by atoms with Gasteiger partial charge in [0.25, 0.3) is 0 Å². The topological polar surface area (TPSA) is 29.9 Å². The summed E-state index contributed by atoms with van der Waals surface area (Å²) in [6.07, 6.45) is 4.56. The quantitative estimate of drug-likeness (QED) is 0.914. The fraction of sp³-hybridized carbons (Fsp3) is 0.438. The van der Waals surface area contributed by atoms with Crippen molar-refractivity contribution < 1.29 is 0 Å². The van der Waals surface area contributed by atoms with Crippen LogP contribution in [0.4, 0.5) is 0 Å². The van der Waals surface area contributed by atoms with E-state index in [1.165, 1.54) is 35.2 Å². The van der Waals surface area contributed by atoms with Gasteiger partial charge in [0.1, 0.15) is 0 Å². The molecule has 1 saturated heterocycles. The summed E-state index contributed by atoms with van der Waals surface area (Å²) in [6.45, 7) is 6.46. The average Bonchev–Trinajstić information content (AvgIpc) is 3.03. The smallest absolute Gasteiger partial charge is 0.0571 e. The number of aromatic nitrogens is 2. The Kier molecular flexibility index (Phi) is 3.38. The van der Waals surface area contributed by atoms with Crippen molar-refractivity contribution in [3.63, 3.8) is 0 Å². The first-order valence-corrected chi connectivity index (χ1v) is 7.07. The van der Waals surface area contributed by atoms with Crippen molar-refractivity contribution in [2.24, 2.45) is 0 Å². The van der Waals surface area contributed by atoms with E-state index in [0.717, 1.165) is 13.1 Å². The van der Waals surface area contributed by atoms with Gasteiger partial charge in [0, 0.05) is 17.3 Å². The average molecular weight is 255 g/mol. The molecule has 100 valence electrons. The lowest BCUT2D eigenvalue weighted by Gasteiger charge is -2.12. The third kappa shape index (κ3) is 2.43. The lowest BCUT2D eigenvalue weighted by atomic mass is 10.0. The molecule has 2 aromatic rings. The van der Waals surface area contributed by atoms with Crippen molar-refractivity contribution in [1.82, 2.24) is 15.1 Å². The van der Waals surface area contributed by atoms with Crippen molar-refractivity contribution in [1.29, 1.82) is 0 Å². The number of nitrogens with zero attached hydrogens (tertiary/aromatic N) is 2. The molecule has 0 amide bonds. The summed E-state index contributed by atoms with van der Waals surface area (Å²) < 4.78 is 2.14. The second-order valence-electron chi connectivity index (χ2n) is 5.43. The van der Waals surface area contributed by atoms with E-state index in [2.05, 4.69) is 53.2 Å². The normalized spacial score (nSPS) is 18.9. The predicted octanol–water partition coefficient (Wildman–Crippen LogP) is 2.92. The molecule has 0 aliphatic carbocycles. The molecule has 3 rings (SSSR count). The fourth-order valence-electron chi connectivity index (χ4n) is 2.89. The highest BCUT2D eigenvalue weighted by Gasteiger charge is 2.17. The zero-order chi connectivity index (χ0) is 13.2. The number of rotatable bonds is 3. The van der Waals surface area contributed by atoms with Crippen molar-refractivity contribution >= 4 is 0 Å². The van der Waals surface area contributed by atoms with Crippen molar-refractivity contribution in [3.05, 3.63) is 41.7 Å². The van der Waals surface area contributed by atoms with Crippen LogP contribution in [0, 0.1) is 13.8 Å². The molecular formula is C16H21N3. The molecule has 0 saturated carbocycles. The van der Waals surface area contributed by atoms with E-state index in [0.29, 0.717) is 6.04 Å². The van der Waals surface area contributed by atoms with Crippen molar-refractivity contribution in [2.75, 3.05) is 6.54 Å². The first kappa shape index (κ1) is 12.4. The number of benzene rings is 1. The molecular weight excluding hydrogens is 234 g/mol. The number of hydrogen-bond donors (Lipinski definition) is 1. The van der Waals surface area contributed by atoms with Crippen LogP contribution in [-0.4, -0.2) is 22.4 Å². The van der Waals surface area contributed by atoms with Gasteiger partial charge in [0.2, 0.25) is 0 Å². The minimum Gasteiger partial charge on any atom is -0.312 e. The molecule has 1 aliphatic heterocycles. The Morgan fingerprint density at radius 2 is 2.11 bits per heavy atom. The highest BCUT2D eigenvalue weighted by atomic mass is 15.3. The van der Waals surface area contributed by atoms with Crippen LogP contribution in [0.2, 0.25) is 0 Å². The molecule has 1 fully saturated rings. The summed E-state index contributed by atoms with van der Waals surface area (Å²) in [5.74, 6) is 0. The SMILES string of the molecule is Cc1ccccc1-c1cnn(CC2CCCN2)c1C. The van der Waals surface area contributed by atoms with Crippen molar-refractivity contribution in [2.45, 2.75) is 39.3 Å². The Hall–Kier alpha value is -1.61. The van der Waals surface area contributed by atoms with E-state index < -0.39 is 0 Å². The van der Waals surface area contributed by atoms with Crippen LogP contribution in [0.3, 0.4) is 0 Å². The maximum atomic E-state index is 4.57. The molecule has 1 N–H and O–H groups in total. The van der Waals surface area contributed by atoms with E-state index in [1.807, 2.05) is 6.20 Å². The van der Waals surface area contributed by atoms with Gasteiger partial charge in [-0.3, -0.25) is 4.68 Å². The third-order valence-corrected chi connectivity index (χ3v) is 4.09. The van der Waals surface area contributed by atoms with Gasteiger partial charge in [0.15, 0.2) is 0 Å². The van der Waals surface area contributed by atoms with Crippen LogP contribution in [0.25, 0.3) is 11.1 Å². The monoisotopic (exact) mass is 255 g/mol. The Labute approximate surface area is 114 Å². The van der Waals surface area contributed by atoms with Crippen LogP contribution < -0.4 is 5.32 Å². The second-order valence-corrected chi connectivity index (χ2v) is 5.43. The summed E-state index contributed by atoms with van der Waals surface area (Å²) >= 11 is 0. The zero-order valence-corrected chi connectivity index (χ0v) is 11.7. The maximum Gasteiger partial charge on any atom is 0.0571 e. The van der Waals surface area contributed by atoms with E-state index in [9.17, 15) is 0 Å². The summed E-state index contributed by atoms with van der Waals surface area (Å²) in [7, 11) is 0. The van der Waals surface area contributed by atoms with E-state index in [-0.39, 0.29) is 0 Å². The lowest BCUT2D eigenvalue weighted by molar-refractivity contribution is 0.469. The number of hydrogen-bond acceptors (Lipinski definition) is 2. The maximum absolute atomic E-state index is 4.57. The lowest BCUT2D eigenvalue weighted by Crippen LogP contribution is -2.27. The highest BCUT2D eigenvalue weighted by molar-refractivity contribution is 5.68.